The third-order valence-corrected chi connectivity index (χ3v) is 9.17. The molecule has 0 radical (unpaired) electrons. The molecule has 1 aliphatic rings. The number of hydrogen-bond donors (Lipinski definition) is 1. The van der Waals surface area contributed by atoms with Crippen molar-refractivity contribution in [2.75, 3.05) is 0 Å². The Morgan fingerprint density at radius 3 is 2.12 bits per heavy atom. The summed E-state index contributed by atoms with van der Waals surface area (Å²) in [7, 11) is 0. The van der Waals surface area contributed by atoms with Crippen molar-refractivity contribution in [3.8, 4) is 28.3 Å². The van der Waals surface area contributed by atoms with Crippen molar-refractivity contribution < 1.29 is 4.74 Å². The molecule has 200 valence electrons. The van der Waals surface area contributed by atoms with Gasteiger partial charge < -0.3 is 14.3 Å². The lowest BCUT2D eigenvalue weighted by atomic mass is 9.73. The molecule has 0 saturated heterocycles. The lowest BCUT2D eigenvalue weighted by molar-refractivity contribution is 0.426. The molecule has 6 aromatic carbocycles. The molecule has 0 aliphatic carbocycles. The first kappa shape index (κ1) is 23.4. The number of aromatic amines is 1. The fourth-order valence-corrected chi connectivity index (χ4v) is 7.21. The lowest BCUT2D eigenvalue weighted by Crippen LogP contribution is -2.24. The predicted octanol–water partition coefficient (Wildman–Crippen LogP) is 10.5. The average Bonchev–Trinajstić information content (AvgIpc) is 3.57. The van der Waals surface area contributed by atoms with E-state index in [4.69, 9.17) is 4.74 Å². The summed E-state index contributed by atoms with van der Waals surface area (Å²) in [6, 6.07) is 45.6. The number of benzene rings is 6. The van der Waals surface area contributed by atoms with Crippen LogP contribution in [0.5, 0.6) is 11.5 Å². The fraction of sp³-hybridized carbons (Fsp3) is 0.0769. The van der Waals surface area contributed by atoms with Gasteiger partial charge in [0.25, 0.3) is 0 Å². The number of H-pyrrole nitrogens is 1. The minimum atomic E-state index is -0.277. The zero-order chi connectivity index (χ0) is 28.0. The Balaban J connectivity index is 1.29. The Kier molecular flexibility index (Phi) is 4.67. The number of fused-ring (bicyclic) bond motifs is 10. The maximum atomic E-state index is 6.90. The van der Waals surface area contributed by atoms with Crippen molar-refractivity contribution in [2.45, 2.75) is 19.3 Å². The smallest absolute Gasteiger partial charge is 0.141 e. The van der Waals surface area contributed by atoms with E-state index in [9.17, 15) is 0 Å². The third-order valence-electron chi connectivity index (χ3n) is 9.17. The molecular weight excluding hydrogens is 512 g/mol. The van der Waals surface area contributed by atoms with Crippen LogP contribution in [0.15, 0.2) is 127 Å². The van der Waals surface area contributed by atoms with E-state index in [-0.39, 0.29) is 5.41 Å². The molecule has 1 aliphatic heterocycles. The van der Waals surface area contributed by atoms with Gasteiger partial charge in [0.2, 0.25) is 0 Å². The van der Waals surface area contributed by atoms with Crippen molar-refractivity contribution in [3.05, 3.63) is 139 Å². The van der Waals surface area contributed by atoms with E-state index in [1.54, 1.807) is 0 Å². The van der Waals surface area contributed by atoms with Gasteiger partial charge in [0, 0.05) is 43.9 Å². The van der Waals surface area contributed by atoms with E-state index < -0.39 is 0 Å². The zero-order valence-electron chi connectivity index (χ0n) is 23.5. The van der Waals surface area contributed by atoms with Crippen LogP contribution in [0.3, 0.4) is 0 Å². The SMILES string of the molecule is CC1(C)c2ccc3[nH]c4ccccc4c3c2Oc2ccc3c(c21)c1ccccc1n3-c1ccc(-c2ccccc2)cc1. The standard InChI is InChI=1S/C39H28N2O/c1-39(2)29-20-21-31-35(27-12-6-8-14-30(27)40-31)38(29)42-34-23-22-33-36(37(34)39)28-13-7-9-15-32(28)41(33)26-18-16-25(17-19-26)24-10-4-3-5-11-24/h3-23,40H,1-2H3. The Morgan fingerprint density at radius 2 is 1.29 bits per heavy atom. The summed E-state index contributed by atoms with van der Waals surface area (Å²) < 4.78 is 9.30. The molecule has 0 unspecified atom stereocenters. The molecule has 0 spiro atoms. The van der Waals surface area contributed by atoms with E-state index in [0.717, 1.165) is 33.6 Å². The largest absolute Gasteiger partial charge is 0.456 e. The van der Waals surface area contributed by atoms with Crippen LogP contribution in [0.25, 0.3) is 60.4 Å². The zero-order valence-corrected chi connectivity index (χ0v) is 23.5. The van der Waals surface area contributed by atoms with Crippen molar-refractivity contribution in [1.82, 2.24) is 9.55 Å². The van der Waals surface area contributed by atoms with Crippen LogP contribution in [0, 0.1) is 0 Å². The van der Waals surface area contributed by atoms with Gasteiger partial charge in [-0.1, -0.05) is 98.8 Å². The summed E-state index contributed by atoms with van der Waals surface area (Å²) in [5, 5.41) is 4.85. The van der Waals surface area contributed by atoms with E-state index >= 15 is 0 Å². The van der Waals surface area contributed by atoms with Crippen LogP contribution in [0.2, 0.25) is 0 Å². The van der Waals surface area contributed by atoms with E-state index in [1.165, 1.54) is 49.4 Å². The number of ether oxygens (including phenoxy) is 1. The predicted molar refractivity (Wildman–Crippen MR) is 174 cm³/mol. The summed E-state index contributed by atoms with van der Waals surface area (Å²) >= 11 is 0. The third kappa shape index (κ3) is 3.11. The van der Waals surface area contributed by atoms with Gasteiger partial charge in [0.05, 0.1) is 21.9 Å². The molecule has 2 aromatic heterocycles. The van der Waals surface area contributed by atoms with Crippen molar-refractivity contribution >= 4 is 43.6 Å². The second-order valence-electron chi connectivity index (χ2n) is 11.9. The number of aromatic nitrogens is 2. The molecule has 0 saturated carbocycles. The van der Waals surface area contributed by atoms with Crippen molar-refractivity contribution in [2.24, 2.45) is 0 Å². The molecule has 42 heavy (non-hydrogen) atoms. The van der Waals surface area contributed by atoms with Gasteiger partial charge in [-0.15, -0.1) is 0 Å². The van der Waals surface area contributed by atoms with Gasteiger partial charge >= 0.3 is 0 Å². The highest BCUT2D eigenvalue weighted by atomic mass is 16.5. The molecule has 0 atom stereocenters. The number of para-hydroxylation sites is 2. The normalized spacial score (nSPS) is 13.9. The number of nitrogens with one attached hydrogen (secondary N) is 1. The average molecular weight is 541 g/mol. The molecule has 0 bridgehead atoms. The molecular formula is C39H28N2O. The quantitative estimate of drug-likeness (QED) is 0.232. The highest BCUT2D eigenvalue weighted by Gasteiger charge is 2.38. The molecule has 8 aromatic rings. The Morgan fingerprint density at radius 1 is 0.571 bits per heavy atom. The maximum Gasteiger partial charge on any atom is 0.141 e. The molecule has 3 heteroatoms. The fourth-order valence-electron chi connectivity index (χ4n) is 7.21. The summed E-state index contributed by atoms with van der Waals surface area (Å²) in [4.78, 5) is 3.59. The van der Waals surface area contributed by atoms with Crippen molar-refractivity contribution in [1.29, 1.82) is 0 Å². The first-order valence-electron chi connectivity index (χ1n) is 14.5. The van der Waals surface area contributed by atoms with Gasteiger partial charge in [-0.3, -0.25) is 0 Å². The molecule has 0 amide bonds. The monoisotopic (exact) mass is 540 g/mol. The summed E-state index contributed by atoms with van der Waals surface area (Å²) in [6.07, 6.45) is 0. The van der Waals surface area contributed by atoms with Gasteiger partial charge in [0.15, 0.2) is 0 Å². The van der Waals surface area contributed by atoms with Gasteiger partial charge in [-0.25, -0.2) is 0 Å². The van der Waals surface area contributed by atoms with E-state index in [2.05, 4.69) is 151 Å². The first-order valence-corrected chi connectivity index (χ1v) is 14.5. The second kappa shape index (κ2) is 8.37. The van der Waals surface area contributed by atoms with Crippen LogP contribution in [0.4, 0.5) is 0 Å². The van der Waals surface area contributed by atoms with Gasteiger partial charge in [-0.05, 0) is 53.6 Å². The van der Waals surface area contributed by atoms with Crippen molar-refractivity contribution in [3.63, 3.8) is 0 Å². The summed E-state index contributed by atoms with van der Waals surface area (Å²) in [6.45, 7) is 4.68. The van der Waals surface area contributed by atoms with Crippen LogP contribution in [-0.4, -0.2) is 9.55 Å². The minimum absolute atomic E-state index is 0.277. The minimum Gasteiger partial charge on any atom is -0.456 e. The number of rotatable bonds is 2. The maximum absolute atomic E-state index is 6.90. The first-order chi connectivity index (χ1) is 20.6. The van der Waals surface area contributed by atoms with Crippen LogP contribution in [0.1, 0.15) is 25.0 Å². The highest BCUT2D eigenvalue weighted by molar-refractivity contribution is 6.14. The Hall–Kier alpha value is -5.28. The lowest BCUT2D eigenvalue weighted by Gasteiger charge is -2.35. The molecule has 9 rings (SSSR count). The summed E-state index contributed by atoms with van der Waals surface area (Å²) in [5.41, 5.74) is 10.4. The molecule has 0 fully saturated rings. The van der Waals surface area contributed by atoms with Crippen LogP contribution < -0.4 is 4.74 Å². The topological polar surface area (TPSA) is 29.9 Å². The highest BCUT2D eigenvalue weighted by Crippen LogP contribution is 2.55. The van der Waals surface area contributed by atoms with Crippen LogP contribution >= 0.6 is 0 Å². The van der Waals surface area contributed by atoms with Gasteiger partial charge in [0.1, 0.15) is 11.5 Å². The second-order valence-corrected chi connectivity index (χ2v) is 11.9. The van der Waals surface area contributed by atoms with E-state index in [0.29, 0.717) is 0 Å². The number of hydrogen-bond acceptors (Lipinski definition) is 1. The number of nitrogens with zero attached hydrogens (tertiary/aromatic N) is 1. The Labute approximate surface area is 243 Å². The summed E-state index contributed by atoms with van der Waals surface area (Å²) in [5.74, 6) is 1.89. The Bertz CT molecular complexity index is 2340. The van der Waals surface area contributed by atoms with Gasteiger partial charge in [-0.2, -0.15) is 0 Å². The molecule has 3 nitrogen and oxygen atoms in total. The van der Waals surface area contributed by atoms with Crippen LogP contribution in [-0.2, 0) is 5.41 Å². The molecule has 1 N–H and O–H groups in total. The van der Waals surface area contributed by atoms with E-state index in [1.807, 2.05) is 0 Å². The molecule has 3 heterocycles.